The van der Waals surface area contributed by atoms with E-state index in [1.54, 1.807) is 12.1 Å². The van der Waals surface area contributed by atoms with Crippen molar-refractivity contribution in [1.29, 1.82) is 0 Å². The van der Waals surface area contributed by atoms with E-state index in [-0.39, 0.29) is 5.78 Å². The zero-order valence-electron chi connectivity index (χ0n) is 8.54. The summed E-state index contributed by atoms with van der Waals surface area (Å²) in [5.74, 6) is 0.517. The lowest BCUT2D eigenvalue weighted by Gasteiger charge is -2.09. The molecule has 1 aromatic carbocycles. The molecule has 80 valence electrons. The predicted molar refractivity (Wildman–Crippen MR) is 65.7 cm³/mol. The fourth-order valence-electron chi connectivity index (χ4n) is 1.24. The number of ketones is 1. The summed E-state index contributed by atoms with van der Waals surface area (Å²) < 4.78 is 6.19. The van der Waals surface area contributed by atoms with Crippen LogP contribution in [0.4, 0.5) is 0 Å². The lowest BCUT2D eigenvalue weighted by atomic mass is 10.1. The molecule has 0 aliphatic heterocycles. The van der Waals surface area contributed by atoms with Crippen LogP contribution < -0.4 is 4.74 Å². The highest BCUT2D eigenvalue weighted by molar-refractivity contribution is 14.1. The van der Waals surface area contributed by atoms with Crippen LogP contribution in [0.25, 0.3) is 0 Å². The van der Waals surface area contributed by atoms with Crippen LogP contribution in [0.5, 0.6) is 5.75 Å². The minimum Gasteiger partial charge on any atom is -0.493 e. The van der Waals surface area contributed by atoms with Crippen molar-refractivity contribution >= 4 is 34.7 Å². The molecule has 0 saturated heterocycles. The Morgan fingerprint density at radius 2 is 2.20 bits per heavy atom. The number of hydrogen-bond acceptors (Lipinski definition) is 3. The Hall–Kier alpha value is -0.910. The summed E-state index contributed by atoms with van der Waals surface area (Å²) in [5.41, 5.74) is 0.823. The maximum absolute atomic E-state index is 11.3. The van der Waals surface area contributed by atoms with Crippen molar-refractivity contribution in [3.63, 3.8) is 0 Å². The highest BCUT2D eigenvalue weighted by atomic mass is 127. The lowest BCUT2D eigenvalue weighted by Crippen LogP contribution is -2.02. The zero-order valence-corrected chi connectivity index (χ0v) is 10.7. The molecular weight excluding hydrogens is 307 g/mol. The first kappa shape index (κ1) is 12.2. The topological polar surface area (TPSA) is 43.4 Å². The van der Waals surface area contributed by atoms with Crippen molar-refractivity contribution in [2.45, 2.75) is 13.8 Å². The number of carbonyl (C=O) groups excluding carboxylic acids is 2. The number of hydrogen-bond donors (Lipinski definition) is 0. The Bertz CT molecular complexity index is 399. The standard InChI is InChI=1S/C11H11IO3/c1-3-15-11-5-9(7(2)14)8(6-13)4-10(11)12/h4-6H,3H2,1-2H3. The minimum absolute atomic E-state index is 0.130. The number of ether oxygens (including phenoxy) is 1. The SMILES string of the molecule is CCOc1cc(C(C)=O)c(C=O)cc1I. The first-order chi connectivity index (χ1) is 7.10. The van der Waals surface area contributed by atoms with Gasteiger partial charge in [-0.25, -0.2) is 0 Å². The van der Waals surface area contributed by atoms with Gasteiger partial charge in [0.1, 0.15) is 5.75 Å². The molecule has 0 spiro atoms. The molecule has 0 aliphatic carbocycles. The van der Waals surface area contributed by atoms with Gasteiger partial charge in [-0.15, -0.1) is 0 Å². The molecule has 4 heteroatoms. The molecule has 0 heterocycles. The van der Waals surface area contributed by atoms with E-state index in [4.69, 9.17) is 4.74 Å². The third-order valence-corrected chi connectivity index (χ3v) is 2.75. The van der Waals surface area contributed by atoms with Gasteiger partial charge in [0, 0.05) is 11.1 Å². The molecule has 0 fully saturated rings. The molecule has 0 N–H and O–H groups in total. The first-order valence-electron chi connectivity index (χ1n) is 4.52. The van der Waals surface area contributed by atoms with Crippen molar-refractivity contribution in [2.24, 2.45) is 0 Å². The predicted octanol–water partition coefficient (Wildman–Crippen LogP) is 2.71. The van der Waals surface area contributed by atoms with Gasteiger partial charge in [-0.2, -0.15) is 0 Å². The van der Waals surface area contributed by atoms with E-state index in [0.717, 1.165) is 3.57 Å². The number of aldehydes is 1. The molecule has 0 bridgehead atoms. The third kappa shape index (κ3) is 2.77. The van der Waals surface area contributed by atoms with Gasteiger partial charge in [-0.3, -0.25) is 9.59 Å². The normalized spacial score (nSPS) is 9.80. The molecule has 0 atom stereocenters. The van der Waals surface area contributed by atoms with Crippen LogP contribution in [-0.2, 0) is 0 Å². The van der Waals surface area contributed by atoms with Gasteiger partial charge in [0.25, 0.3) is 0 Å². The summed E-state index contributed by atoms with van der Waals surface area (Å²) in [6, 6.07) is 3.28. The Labute approximate surface area is 102 Å². The van der Waals surface area contributed by atoms with Crippen molar-refractivity contribution < 1.29 is 14.3 Å². The number of Topliss-reactive ketones (excluding diaryl/α,β-unsaturated/α-hetero) is 1. The van der Waals surface area contributed by atoms with E-state index in [1.165, 1.54) is 6.92 Å². The quantitative estimate of drug-likeness (QED) is 0.487. The van der Waals surface area contributed by atoms with E-state index >= 15 is 0 Å². The van der Waals surface area contributed by atoms with Crippen LogP contribution in [0.15, 0.2) is 12.1 Å². The van der Waals surface area contributed by atoms with Gasteiger partial charge in [-0.1, -0.05) is 0 Å². The monoisotopic (exact) mass is 318 g/mol. The molecule has 0 aromatic heterocycles. The Morgan fingerprint density at radius 3 is 2.67 bits per heavy atom. The van der Waals surface area contributed by atoms with Crippen LogP contribution >= 0.6 is 22.6 Å². The van der Waals surface area contributed by atoms with Crippen molar-refractivity contribution in [3.05, 3.63) is 26.8 Å². The van der Waals surface area contributed by atoms with Crippen LogP contribution in [-0.4, -0.2) is 18.7 Å². The maximum atomic E-state index is 11.3. The maximum Gasteiger partial charge on any atom is 0.160 e. The van der Waals surface area contributed by atoms with E-state index in [1.807, 2.05) is 6.92 Å². The summed E-state index contributed by atoms with van der Waals surface area (Å²) >= 11 is 2.08. The third-order valence-electron chi connectivity index (χ3n) is 1.91. The van der Waals surface area contributed by atoms with Gasteiger partial charge in [0.15, 0.2) is 12.1 Å². The first-order valence-corrected chi connectivity index (χ1v) is 5.60. The number of benzene rings is 1. The molecular formula is C11H11IO3. The molecule has 3 nitrogen and oxygen atoms in total. The molecule has 0 radical (unpaired) electrons. The average molecular weight is 318 g/mol. The van der Waals surface area contributed by atoms with Crippen LogP contribution in [0, 0.1) is 3.57 Å². The molecule has 1 aromatic rings. The van der Waals surface area contributed by atoms with Gasteiger partial charge < -0.3 is 4.74 Å². The molecule has 15 heavy (non-hydrogen) atoms. The van der Waals surface area contributed by atoms with Crippen LogP contribution in [0.1, 0.15) is 34.6 Å². The lowest BCUT2D eigenvalue weighted by molar-refractivity contribution is 0.100. The van der Waals surface area contributed by atoms with Gasteiger partial charge in [0.05, 0.1) is 10.2 Å². The number of carbonyl (C=O) groups is 2. The summed E-state index contributed by atoms with van der Waals surface area (Å²) in [5, 5.41) is 0. The Kier molecular flexibility index (Phi) is 4.26. The van der Waals surface area contributed by atoms with Gasteiger partial charge in [0.2, 0.25) is 0 Å². The zero-order chi connectivity index (χ0) is 11.4. The van der Waals surface area contributed by atoms with Crippen molar-refractivity contribution in [2.75, 3.05) is 6.61 Å². The average Bonchev–Trinajstić information content (AvgIpc) is 2.20. The number of halogens is 1. The fraction of sp³-hybridized carbons (Fsp3) is 0.273. The molecule has 0 unspecified atom stereocenters. The van der Waals surface area contributed by atoms with E-state index < -0.39 is 0 Å². The second kappa shape index (κ2) is 5.25. The Balaban J connectivity index is 3.29. The van der Waals surface area contributed by atoms with Crippen molar-refractivity contribution in [1.82, 2.24) is 0 Å². The summed E-state index contributed by atoms with van der Waals surface area (Å²) in [7, 11) is 0. The second-order valence-corrected chi connectivity index (χ2v) is 4.14. The van der Waals surface area contributed by atoms with Crippen LogP contribution in [0.3, 0.4) is 0 Å². The minimum atomic E-state index is -0.130. The fourth-order valence-corrected chi connectivity index (χ4v) is 1.88. The highest BCUT2D eigenvalue weighted by Gasteiger charge is 2.11. The molecule has 0 aliphatic rings. The van der Waals surface area contributed by atoms with Gasteiger partial charge in [-0.05, 0) is 48.6 Å². The van der Waals surface area contributed by atoms with Crippen molar-refractivity contribution in [3.8, 4) is 5.75 Å². The molecule has 0 amide bonds. The molecule has 0 saturated carbocycles. The molecule has 1 rings (SSSR count). The largest absolute Gasteiger partial charge is 0.493 e. The highest BCUT2D eigenvalue weighted by Crippen LogP contribution is 2.25. The second-order valence-electron chi connectivity index (χ2n) is 2.98. The van der Waals surface area contributed by atoms with Gasteiger partial charge >= 0.3 is 0 Å². The summed E-state index contributed by atoms with van der Waals surface area (Å²) in [6.45, 7) is 3.84. The number of rotatable bonds is 4. The van der Waals surface area contributed by atoms with Crippen LogP contribution in [0.2, 0.25) is 0 Å². The van der Waals surface area contributed by atoms with E-state index in [0.29, 0.717) is 29.8 Å². The smallest absolute Gasteiger partial charge is 0.160 e. The summed E-state index contributed by atoms with van der Waals surface area (Å²) in [4.78, 5) is 22.0. The Morgan fingerprint density at radius 1 is 1.53 bits per heavy atom. The van der Waals surface area contributed by atoms with E-state index in [9.17, 15) is 9.59 Å². The summed E-state index contributed by atoms with van der Waals surface area (Å²) in [6.07, 6.45) is 0.689. The van der Waals surface area contributed by atoms with E-state index in [2.05, 4.69) is 22.6 Å².